The fourth-order valence-corrected chi connectivity index (χ4v) is 5.70. The number of nitrogens with zero attached hydrogens (tertiary/aromatic N) is 5. The maximum absolute atomic E-state index is 13.0. The average molecular weight is 473 g/mol. The monoisotopic (exact) mass is 472 g/mol. The van der Waals surface area contributed by atoms with E-state index < -0.39 is 15.9 Å². The molecule has 1 N–H and O–H groups in total. The lowest BCUT2D eigenvalue weighted by molar-refractivity contribution is 0.102. The Kier molecular flexibility index (Phi) is 6.35. The molecule has 1 saturated heterocycles. The molecule has 1 aromatic carbocycles. The van der Waals surface area contributed by atoms with E-state index in [4.69, 9.17) is 4.42 Å². The maximum Gasteiger partial charge on any atom is 0.322 e. The standard InChI is InChI=1S/C22H28N6O4S/c1-14(2)28-10-9-19(26-28)21-24-25-22(32-21)23-20(29)17-5-7-18(8-6-17)33(30,31)27-12-15(3)11-16(4)13-27/h5-10,14-16H,11-13H2,1-4H3,(H,23,25,29). The van der Waals surface area contributed by atoms with Gasteiger partial charge in [0, 0.05) is 30.9 Å². The molecule has 0 spiro atoms. The SMILES string of the molecule is CC1CC(C)CN(S(=O)(=O)c2ccc(C(=O)Nc3nnc(-c4ccn(C(C)C)n4)o3)cc2)C1. The zero-order chi connectivity index (χ0) is 23.8. The summed E-state index contributed by atoms with van der Waals surface area (Å²) in [5.41, 5.74) is 0.783. The highest BCUT2D eigenvalue weighted by molar-refractivity contribution is 7.89. The number of hydrogen-bond acceptors (Lipinski definition) is 7. The van der Waals surface area contributed by atoms with E-state index in [1.165, 1.54) is 28.6 Å². The molecule has 0 radical (unpaired) electrons. The van der Waals surface area contributed by atoms with Crippen LogP contribution in [0.1, 0.15) is 50.5 Å². The molecular weight excluding hydrogens is 444 g/mol. The highest BCUT2D eigenvalue weighted by Crippen LogP contribution is 2.27. The van der Waals surface area contributed by atoms with Crippen LogP contribution in [0.2, 0.25) is 0 Å². The van der Waals surface area contributed by atoms with Crippen LogP contribution in [0.3, 0.4) is 0 Å². The van der Waals surface area contributed by atoms with Gasteiger partial charge in [-0.25, -0.2) is 8.42 Å². The van der Waals surface area contributed by atoms with Gasteiger partial charge in [0.25, 0.3) is 11.8 Å². The van der Waals surface area contributed by atoms with Gasteiger partial charge in [0.15, 0.2) is 0 Å². The number of benzene rings is 1. The van der Waals surface area contributed by atoms with Crippen LogP contribution < -0.4 is 5.32 Å². The third-order valence-electron chi connectivity index (χ3n) is 5.59. The molecule has 33 heavy (non-hydrogen) atoms. The van der Waals surface area contributed by atoms with Crippen molar-refractivity contribution in [3.63, 3.8) is 0 Å². The van der Waals surface area contributed by atoms with Crippen molar-refractivity contribution in [1.82, 2.24) is 24.3 Å². The summed E-state index contributed by atoms with van der Waals surface area (Å²) < 4.78 is 34.8. The number of carbonyl (C=O) groups is 1. The van der Waals surface area contributed by atoms with E-state index in [1.807, 2.05) is 20.0 Å². The Labute approximate surface area is 193 Å². The molecule has 2 atom stereocenters. The Morgan fingerprint density at radius 3 is 2.36 bits per heavy atom. The maximum atomic E-state index is 13.0. The van der Waals surface area contributed by atoms with E-state index in [0.717, 1.165) is 6.42 Å². The van der Waals surface area contributed by atoms with Gasteiger partial charge >= 0.3 is 6.01 Å². The summed E-state index contributed by atoms with van der Waals surface area (Å²) in [5.74, 6) is 0.331. The Morgan fingerprint density at radius 2 is 1.76 bits per heavy atom. The Morgan fingerprint density at radius 1 is 1.09 bits per heavy atom. The molecule has 0 saturated carbocycles. The minimum absolute atomic E-state index is 0.0675. The molecule has 176 valence electrons. The summed E-state index contributed by atoms with van der Waals surface area (Å²) in [7, 11) is -3.61. The number of rotatable bonds is 6. The predicted molar refractivity (Wildman–Crippen MR) is 122 cm³/mol. The van der Waals surface area contributed by atoms with Gasteiger partial charge in [0.2, 0.25) is 10.0 Å². The fraction of sp³-hybridized carbons (Fsp3) is 0.455. The van der Waals surface area contributed by atoms with Crippen LogP contribution in [-0.2, 0) is 10.0 Å². The molecule has 1 aliphatic heterocycles. The number of hydrogen-bond donors (Lipinski definition) is 1. The smallest absolute Gasteiger partial charge is 0.322 e. The lowest BCUT2D eigenvalue weighted by Gasteiger charge is -2.34. The molecule has 3 heterocycles. The fourth-order valence-electron chi connectivity index (χ4n) is 4.02. The third-order valence-corrected chi connectivity index (χ3v) is 7.44. The summed E-state index contributed by atoms with van der Waals surface area (Å²) in [6.07, 6.45) is 2.82. The topological polar surface area (TPSA) is 123 Å². The van der Waals surface area contributed by atoms with Gasteiger partial charge in [-0.15, -0.1) is 5.10 Å². The lowest BCUT2D eigenvalue weighted by atomic mass is 9.94. The van der Waals surface area contributed by atoms with Gasteiger partial charge in [0.05, 0.1) is 4.90 Å². The van der Waals surface area contributed by atoms with Crippen molar-refractivity contribution in [3.8, 4) is 11.6 Å². The van der Waals surface area contributed by atoms with Crippen molar-refractivity contribution in [3.05, 3.63) is 42.1 Å². The summed E-state index contributed by atoms with van der Waals surface area (Å²) in [4.78, 5) is 12.8. The molecule has 1 amide bonds. The minimum Gasteiger partial charge on any atom is -0.401 e. The zero-order valence-corrected chi connectivity index (χ0v) is 19.9. The molecular formula is C22H28N6O4S. The molecule has 2 unspecified atom stereocenters. The first kappa shape index (κ1) is 23.1. The van der Waals surface area contributed by atoms with E-state index in [-0.39, 0.29) is 28.4 Å². The van der Waals surface area contributed by atoms with Crippen LogP contribution in [0.4, 0.5) is 6.01 Å². The predicted octanol–water partition coefficient (Wildman–Crippen LogP) is 3.43. The second-order valence-corrected chi connectivity index (χ2v) is 10.9. The largest absolute Gasteiger partial charge is 0.401 e. The quantitative estimate of drug-likeness (QED) is 0.583. The van der Waals surface area contributed by atoms with Crippen LogP contribution in [0.25, 0.3) is 11.6 Å². The molecule has 11 heteroatoms. The second kappa shape index (κ2) is 9.06. The molecule has 3 aromatic rings. The number of amides is 1. The van der Waals surface area contributed by atoms with Crippen molar-refractivity contribution in [2.75, 3.05) is 18.4 Å². The van der Waals surface area contributed by atoms with Gasteiger partial charge < -0.3 is 4.42 Å². The number of carbonyl (C=O) groups excluding carboxylic acids is 1. The summed E-state index contributed by atoms with van der Waals surface area (Å²) in [6, 6.07) is 7.72. The minimum atomic E-state index is -3.61. The van der Waals surface area contributed by atoms with E-state index in [2.05, 4.69) is 34.5 Å². The molecule has 1 aliphatic rings. The average Bonchev–Trinajstić information content (AvgIpc) is 3.43. The number of anilines is 1. The van der Waals surface area contributed by atoms with Crippen molar-refractivity contribution < 1.29 is 17.6 Å². The molecule has 1 fully saturated rings. The summed E-state index contributed by atoms with van der Waals surface area (Å²) in [5, 5.41) is 14.7. The van der Waals surface area contributed by atoms with Crippen molar-refractivity contribution in [2.45, 2.75) is 45.1 Å². The third kappa shape index (κ3) is 4.98. The van der Waals surface area contributed by atoms with E-state index in [1.54, 1.807) is 10.7 Å². The van der Waals surface area contributed by atoms with Crippen LogP contribution >= 0.6 is 0 Å². The Hall–Kier alpha value is -3.05. The van der Waals surface area contributed by atoms with Crippen LogP contribution in [0, 0.1) is 11.8 Å². The lowest BCUT2D eigenvalue weighted by Crippen LogP contribution is -2.42. The van der Waals surface area contributed by atoms with Gasteiger partial charge in [-0.05, 0) is 62.4 Å². The van der Waals surface area contributed by atoms with Crippen molar-refractivity contribution >= 4 is 21.9 Å². The Bertz CT molecular complexity index is 1220. The molecule has 10 nitrogen and oxygen atoms in total. The van der Waals surface area contributed by atoms with Crippen LogP contribution in [0.5, 0.6) is 0 Å². The first-order valence-corrected chi connectivity index (χ1v) is 12.4. The number of aromatic nitrogens is 4. The van der Waals surface area contributed by atoms with Crippen molar-refractivity contribution in [1.29, 1.82) is 0 Å². The molecule has 0 bridgehead atoms. The van der Waals surface area contributed by atoms with Crippen LogP contribution in [0.15, 0.2) is 45.8 Å². The Balaban J connectivity index is 1.44. The molecule has 2 aromatic heterocycles. The van der Waals surface area contributed by atoms with Crippen molar-refractivity contribution in [2.24, 2.45) is 11.8 Å². The van der Waals surface area contributed by atoms with E-state index in [0.29, 0.717) is 30.6 Å². The second-order valence-electron chi connectivity index (χ2n) is 8.93. The van der Waals surface area contributed by atoms with Gasteiger partial charge in [-0.1, -0.05) is 18.9 Å². The highest BCUT2D eigenvalue weighted by atomic mass is 32.2. The van der Waals surface area contributed by atoms with E-state index in [9.17, 15) is 13.2 Å². The first-order chi connectivity index (χ1) is 15.6. The number of piperidine rings is 1. The highest BCUT2D eigenvalue weighted by Gasteiger charge is 2.31. The first-order valence-electron chi connectivity index (χ1n) is 10.9. The van der Waals surface area contributed by atoms with Gasteiger partial charge in [-0.3, -0.25) is 14.8 Å². The number of sulfonamides is 1. The molecule has 4 rings (SSSR count). The zero-order valence-electron chi connectivity index (χ0n) is 19.1. The van der Waals surface area contributed by atoms with E-state index >= 15 is 0 Å². The van der Waals surface area contributed by atoms with Gasteiger partial charge in [-0.2, -0.15) is 9.40 Å². The van der Waals surface area contributed by atoms with Crippen LogP contribution in [-0.4, -0.2) is 51.7 Å². The number of nitrogens with one attached hydrogen (secondary N) is 1. The normalized spacial score (nSPS) is 19.7. The summed E-state index contributed by atoms with van der Waals surface area (Å²) in [6.45, 7) is 9.13. The molecule has 0 aliphatic carbocycles. The summed E-state index contributed by atoms with van der Waals surface area (Å²) >= 11 is 0. The van der Waals surface area contributed by atoms with Gasteiger partial charge in [0.1, 0.15) is 5.69 Å².